The predicted octanol–water partition coefficient (Wildman–Crippen LogP) is 2.83. The molecule has 0 aromatic carbocycles. The van der Waals surface area contributed by atoms with E-state index in [1.165, 1.54) is 19.3 Å². The fraction of sp³-hybridized carbons (Fsp3) is 0.667. The van der Waals surface area contributed by atoms with E-state index in [1.807, 2.05) is 0 Å². The standard InChI is InChI=1S/C6H10IN/c8-7-6-4-2-1-3-5-6/h1-2,6,8H,3-5H2. The first kappa shape index (κ1) is 6.39. The summed E-state index contributed by atoms with van der Waals surface area (Å²) in [5, 5.41) is 0. The van der Waals surface area contributed by atoms with Crippen molar-refractivity contribution >= 4 is 21.0 Å². The Bertz CT molecular complexity index is 109. The first-order chi connectivity index (χ1) is 3.93. The van der Waals surface area contributed by atoms with Crippen LogP contribution in [0, 0.1) is 3.56 Å². The van der Waals surface area contributed by atoms with Crippen LogP contribution >= 0.6 is 21.0 Å². The maximum atomic E-state index is 7.17. The van der Waals surface area contributed by atoms with Crippen molar-refractivity contribution in [2.75, 3.05) is 0 Å². The van der Waals surface area contributed by atoms with Crippen LogP contribution in [0.1, 0.15) is 19.3 Å². The Balaban J connectivity index is 2.37. The summed E-state index contributed by atoms with van der Waals surface area (Å²) in [6.45, 7) is 0. The molecule has 46 valence electrons. The lowest BCUT2D eigenvalue weighted by atomic mass is 10.1. The van der Waals surface area contributed by atoms with Crippen LogP contribution < -0.4 is 0 Å². The van der Waals surface area contributed by atoms with E-state index in [0.29, 0.717) is 0 Å². The summed E-state index contributed by atoms with van der Waals surface area (Å²) < 4.78 is 7.95. The molecule has 1 atom stereocenters. The van der Waals surface area contributed by atoms with Crippen LogP contribution in [0.4, 0.5) is 0 Å². The third-order valence-electron chi connectivity index (χ3n) is 1.36. The number of nitrogens with one attached hydrogen (secondary N) is 1. The zero-order chi connectivity index (χ0) is 5.82. The van der Waals surface area contributed by atoms with Gasteiger partial charge in [0.05, 0.1) is 0 Å². The van der Waals surface area contributed by atoms with E-state index in [9.17, 15) is 0 Å². The van der Waals surface area contributed by atoms with Gasteiger partial charge in [0.15, 0.2) is 0 Å². The lowest BCUT2D eigenvalue weighted by Gasteiger charge is -2.09. The molecule has 0 aromatic rings. The molecule has 0 aliphatic heterocycles. The average molecular weight is 223 g/mol. The summed E-state index contributed by atoms with van der Waals surface area (Å²) in [5.41, 5.74) is 0. The van der Waals surface area contributed by atoms with E-state index in [-0.39, 0.29) is 21.0 Å². The van der Waals surface area contributed by atoms with Gasteiger partial charge in [-0.1, -0.05) is 12.2 Å². The quantitative estimate of drug-likeness (QED) is 0.401. The van der Waals surface area contributed by atoms with Crippen molar-refractivity contribution in [3.05, 3.63) is 12.2 Å². The number of halogens is 1. The van der Waals surface area contributed by atoms with Crippen molar-refractivity contribution in [3.63, 3.8) is 0 Å². The average Bonchev–Trinajstić information content (AvgIpc) is 1.90. The molecule has 0 heterocycles. The highest BCUT2D eigenvalue weighted by Gasteiger charge is 2.05. The molecule has 0 spiro atoms. The third-order valence-corrected chi connectivity index (χ3v) is 3.37. The Hall–Kier alpha value is 0.270. The molecule has 1 N–H and O–H groups in total. The SMILES string of the molecule is N=IC1CC=CCC1. The maximum absolute atomic E-state index is 7.17. The molecule has 1 aliphatic carbocycles. The van der Waals surface area contributed by atoms with Crippen LogP contribution in [-0.2, 0) is 0 Å². The largest absolute Gasteiger partial charge is 0.278 e. The Kier molecular flexibility index (Phi) is 2.66. The molecule has 0 radical (unpaired) electrons. The minimum atomic E-state index is -0.215. The minimum Gasteiger partial charge on any atom is -0.278 e. The number of alkyl halides is 1. The van der Waals surface area contributed by atoms with E-state index >= 15 is 0 Å². The number of hydrogen-bond acceptors (Lipinski definition) is 1. The lowest BCUT2D eigenvalue weighted by molar-refractivity contribution is 0.771. The van der Waals surface area contributed by atoms with E-state index in [4.69, 9.17) is 3.56 Å². The Morgan fingerprint density at radius 2 is 2.38 bits per heavy atom. The molecule has 1 unspecified atom stereocenters. The summed E-state index contributed by atoms with van der Waals surface area (Å²) in [7, 11) is 0. The molecule has 1 aliphatic rings. The molecule has 0 saturated heterocycles. The van der Waals surface area contributed by atoms with Gasteiger partial charge in [0.2, 0.25) is 0 Å². The van der Waals surface area contributed by atoms with E-state index in [0.717, 1.165) is 3.92 Å². The van der Waals surface area contributed by atoms with Crippen LogP contribution in [0.5, 0.6) is 0 Å². The molecule has 2 heteroatoms. The van der Waals surface area contributed by atoms with Gasteiger partial charge in [-0.25, -0.2) is 0 Å². The first-order valence-corrected chi connectivity index (χ1v) is 5.20. The molecular weight excluding hydrogens is 213 g/mol. The van der Waals surface area contributed by atoms with Gasteiger partial charge in [0.1, 0.15) is 0 Å². The van der Waals surface area contributed by atoms with Crippen molar-refractivity contribution in [2.24, 2.45) is 0 Å². The van der Waals surface area contributed by atoms with Crippen molar-refractivity contribution in [2.45, 2.75) is 23.2 Å². The van der Waals surface area contributed by atoms with Crippen molar-refractivity contribution in [3.8, 4) is 0 Å². The summed E-state index contributed by atoms with van der Waals surface area (Å²) in [6.07, 6.45) is 8.16. The fourth-order valence-corrected chi connectivity index (χ4v) is 2.07. The van der Waals surface area contributed by atoms with E-state index in [1.54, 1.807) is 0 Å². The predicted molar refractivity (Wildman–Crippen MR) is 43.5 cm³/mol. The van der Waals surface area contributed by atoms with Crippen LogP contribution in [0.3, 0.4) is 0 Å². The number of hydrogen-bond donors (Lipinski definition) is 1. The molecule has 8 heavy (non-hydrogen) atoms. The monoisotopic (exact) mass is 223 g/mol. The van der Waals surface area contributed by atoms with Gasteiger partial charge in [-0.05, 0) is 40.3 Å². The van der Waals surface area contributed by atoms with Crippen molar-refractivity contribution < 1.29 is 0 Å². The van der Waals surface area contributed by atoms with Crippen molar-refractivity contribution in [1.29, 1.82) is 3.56 Å². The Morgan fingerprint density at radius 1 is 1.50 bits per heavy atom. The summed E-state index contributed by atoms with van der Waals surface area (Å²) in [5.74, 6) is 0. The highest BCUT2D eigenvalue weighted by Crippen LogP contribution is 2.22. The van der Waals surface area contributed by atoms with Crippen LogP contribution in [0.2, 0.25) is 0 Å². The second kappa shape index (κ2) is 3.33. The number of rotatable bonds is 1. The zero-order valence-corrected chi connectivity index (χ0v) is 6.89. The first-order valence-electron chi connectivity index (χ1n) is 2.87. The minimum absolute atomic E-state index is 0.215. The highest BCUT2D eigenvalue weighted by molar-refractivity contribution is 14.1. The molecule has 0 bridgehead atoms. The van der Waals surface area contributed by atoms with E-state index < -0.39 is 0 Å². The fourth-order valence-electron chi connectivity index (χ4n) is 0.856. The van der Waals surface area contributed by atoms with Crippen LogP contribution in [0.25, 0.3) is 0 Å². The van der Waals surface area contributed by atoms with Gasteiger partial charge in [-0.2, -0.15) is 0 Å². The summed E-state index contributed by atoms with van der Waals surface area (Å²) in [6, 6.07) is 0. The smallest absolute Gasteiger partial charge is 0.0261 e. The molecule has 0 amide bonds. The van der Waals surface area contributed by atoms with Crippen LogP contribution in [0.15, 0.2) is 12.2 Å². The van der Waals surface area contributed by atoms with Gasteiger partial charge in [-0.3, -0.25) is 3.56 Å². The Labute approximate surface area is 60.1 Å². The van der Waals surface area contributed by atoms with Gasteiger partial charge in [0, 0.05) is 3.92 Å². The molecule has 0 fully saturated rings. The molecule has 0 aromatic heterocycles. The Morgan fingerprint density at radius 3 is 2.75 bits per heavy atom. The third kappa shape index (κ3) is 1.65. The topological polar surface area (TPSA) is 23.9 Å². The van der Waals surface area contributed by atoms with Gasteiger partial charge in [0.25, 0.3) is 0 Å². The molecule has 1 nitrogen and oxygen atoms in total. The molecule has 0 saturated carbocycles. The van der Waals surface area contributed by atoms with Crippen LogP contribution in [-0.4, -0.2) is 3.92 Å². The van der Waals surface area contributed by atoms with Gasteiger partial charge < -0.3 is 0 Å². The van der Waals surface area contributed by atoms with Crippen molar-refractivity contribution in [1.82, 2.24) is 0 Å². The van der Waals surface area contributed by atoms with Gasteiger partial charge in [-0.15, -0.1) is 0 Å². The summed E-state index contributed by atoms with van der Waals surface area (Å²) >= 11 is -0.215. The highest BCUT2D eigenvalue weighted by atomic mass is 127. The zero-order valence-electron chi connectivity index (χ0n) is 4.73. The maximum Gasteiger partial charge on any atom is 0.0261 e. The summed E-state index contributed by atoms with van der Waals surface area (Å²) in [4.78, 5) is 0. The number of allylic oxidation sites excluding steroid dienone is 2. The second-order valence-corrected chi connectivity index (χ2v) is 4.38. The molecular formula is C6H10IN. The molecule has 1 rings (SSSR count). The lowest BCUT2D eigenvalue weighted by Crippen LogP contribution is -1.98. The van der Waals surface area contributed by atoms with Gasteiger partial charge >= 0.3 is 0 Å². The normalized spacial score (nSPS) is 28.2. The van der Waals surface area contributed by atoms with E-state index in [2.05, 4.69) is 12.2 Å². The second-order valence-electron chi connectivity index (χ2n) is 1.99.